The number of aromatic nitrogens is 4. The molecule has 1 fully saturated rings. The summed E-state index contributed by atoms with van der Waals surface area (Å²) >= 11 is 0. The minimum Gasteiger partial charge on any atom is -0.494 e. The van der Waals surface area contributed by atoms with E-state index in [-0.39, 0.29) is 11.7 Å². The van der Waals surface area contributed by atoms with Crippen LogP contribution in [0.5, 0.6) is 5.75 Å². The lowest BCUT2D eigenvalue weighted by Gasteiger charge is -2.33. The van der Waals surface area contributed by atoms with Gasteiger partial charge in [-0.15, -0.1) is 0 Å². The topological polar surface area (TPSA) is 91.0 Å². The molecule has 1 saturated carbocycles. The van der Waals surface area contributed by atoms with Crippen LogP contribution in [-0.4, -0.2) is 49.2 Å². The summed E-state index contributed by atoms with van der Waals surface area (Å²) in [4.78, 5) is 36.6. The van der Waals surface area contributed by atoms with Crippen molar-refractivity contribution >= 4 is 22.5 Å². The molecule has 0 saturated heterocycles. The average Bonchev–Trinajstić information content (AvgIpc) is 3.22. The molecule has 1 amide bonds. The lowest BCUT2D eigenvalue weighted by molar-refractivity contribution is 0.0173. The highest BCUT2D eigenvalue weighted by molar-refractivity contribution is 5.86. The first-order valence-electron chi connectivity index (χ1n) is 12.7. The van der Waals surface area contributed by atoms with Crippen molar-refractivity contribution in [2.24, 2.45) is 5.92 Å². The molecule has 9 nitrogen and oxygen atoms in total. The molecule has 0 N–H and O–H groups in total. The molecule has 194 valence electrons. The minimum absolute atomic E-state index is 0.148. The summed E-state index contributed by atoms with van der Waals surface area (Å²) in [6, 6.07) is 5.79. The number of nitrogens with zero attached hydrogens (tertiary/aromatic N) is 5. The molecule has 1 aliphatic rings. The van der Waals surface area contributed by atoms with Gasteiger partial charge in [0.25, 0.3) is 5.56 Å². The van der Waals surface area contributed by atoms with Crippen molar-refractivity contribution in [1.82, 2.24) is 23.8 Å². The second kappa shape index (κ2) is 9.88. The van der Waals surface area contributed by atoms with Gasteiger partial charge in [0.1, 0.15) is 17.0 Å². The number of carbonyl (C=O) groups is 1. The maximum absolute atomic E-state index is 13.1. The third-order valence-electron chi connectivity index (χ3n) is 6.71. The Morgan fingerprint density at radius 3 is 2.65 bits per heavy atom. The Kier molecular flexibility index (Phi) is 6.62. The van der Waals surface area contributed by atoms with Crippen LogP contribution in [0.4, 0.5) is 4.79 Å². The van der Waals surface area contributed by atoms with E-state index >= 15 is 0 Å². The van der Waals surface area contributed by atoms with Crippen LogP contribution < -0.4 is 10.3 Å². The number of hydrogen-bond acceptors (Lipinski definition) is 6. The number of fused-ring (bicyclic) bond motifs is 2. The molecule has 0 spiro atoms. The van der Waals surface area contributed by atoms with Crippen molar-refractivity contribution in [3.63, 3.8) is 0 Å². The number of amides is 1. The quantitative estimate of drug-likeness (QED) is 0.365. The van der Waals surface area contributed by atoms with Gasteiger partial charge in [-0.3, -0.25) is 9.78 Å². The van der Waals surface area contributed by atoms with Gasteiger partial charge in [0, 0.05) is 36.7 Å². The molecule has 9 heteroatoms. The molecule has 5 rings (SSSR count). The third-order valence-corrected chi connectivity index (χ3v) is 6.71. The summed E-state index contributed by atoms with van der Waals surface area (Å²) in [5.41, 5.74) is 1.83. The molecule has 0 unspecified atom stereocenters. The van der Waals surface area contributed by atoms with E-state index in [4.69, 9.17) is 14.5 Å². The van der Waals surface area contributed by atoms with Crippen molar-refractivity contribution < 1.29 is 14.3 Å². The van der Waals surface area contributed by atoms with Gasteiger partial charge >= 0.3 is 6.09 Å². The van der Waals surface area contributed by atoms with Crippen molar-refractivity contribution in [2.45, 2.75) is 58.7 Å². The highest BCUT2D eigenvalue weighted by atomic mass is 16.6. The zero-order valence-electron chi connectivity index (χ0n) is 21.8. The van der Waals surface area contributed by atoms with Gasteiger partial charge < -0.3 is 23.3 Å². The number of hydrogen-bond donors (Lipinski definition) is 0. The number of ether oxygens (including phenoxy) is 2. The fourth-order valence-electron chi connectivity index (χ4n) is 4.64. The number of pyridine rings is 3. The predicted molar refractivity (Wildman–Crippen MR) is 141 cm³/mol. The molecule has 0 radical (unpaired) electrons. The van der Waals surface area contributed by atoms with E-state index in [1.54, 1.807) is 30.3 Å². The van der Waals surface area contributed by atoms with Gasteiger partial charge in [0.2, 0.25) is 0 Å². The predicted octanol–water partition coefficient (Wildman–Crippen LogP) is 4.64. The summed E-state index contributed by atoms with van der Waals surface area (Å²) < 4.78 is 14.6. The molecular weight excluding hydrogens is 470 g/mol. The molecule has 0 aliphatic heterocycles. The molecule has 0 atom stereocenters. The molecule has 0 bridgehead atoms. The molecule has 1 aliphatic carbocycles. The van der Waals surface area contributed by atoms with Gasteiger partial charge in [0.05, 0.1) is 37.5 Å². The van der Waals surface area contributed by atoms with Gasteiger partial charge in [-0.2, -0.15) is 0 Å². The van der Waals surface area contributed by atoms with E-state index < -0.39 is 5.60 Å². The van der Waals surface area contributed by atoms with Crippen molar-refractivity contribution in [3.05, 3.63) is 70.8 Å². The van der Waals surface area contributed by atoms with E-state index in [1.165, 1.54) is 6.42 Å². The number of carbonyl (C=O) groups excluding carboxylic acids is 1. The third kappa shape index (κ3) is 5.45. The van der Waals surface area contributed by atoms with Crippen LogP contribution in [0, 0.1) is 5.92 Å². The lowest BCUT2D eigenvalue weighted by atomic mass is 9.85. The van der Waals surface area contributed by atoms with Crippen LogP contribution in [0.25, 0.3) is 16.4 Å². The highest BCUT2D eigenvalue weighted by Crippen LogP contribution is 2.28. The first-order valence-corrected chi connectivity index (χ1v) is 12.7. The smallest absolute Gasteiger partial charge is 0.410 e. The Hall–Kier alpha value is -3.88. The molecule has 4 aromatic heterocycles. The molecule has 37 heavy (non-hydrogen) atoms. The van der Waals surface area contributed by atoms with Gasteiger partial charge in [0.15, 0.2) is 0 Å². The van der Waals surface area contributed by atoms with E-state index in [1.807, 2.05) is 60.7 Å². The zero-order chi connectivity index (χ0) is 26.2. The van der Waals surface area contributed by atoms with Crippen molar-refractivity contribution in [1.29, 1.82) is 0 Å². The molecule has 4 heterocycles. The second-order valence-electron chi connectivity index (χ2n) is 10.7. The van der Waals surface area contributed by atoms with Crippen LogP contribution in [0.1, 0.15) is 51.3 Å². The Bertz CT molecular complexity index is 1500. The summed E-state index contributed by atoms with van der Waals surface area (Å²) in [6.07, 6.45) is 12.1. The van der Waals surface area contributed by atoms with Crippen LogP contribution in [0.3, 0.4) is 0 Å². The van der Waals surface area contributed by atoms with Crippen LogP contribution >= 0.6 is 0 Å². The number of methoxy groups -OCH3 is 1. The van der Waals surface area contributed by atoms with Crippen molar-refractivity contribution in [2.75, 3.05) is 13.7 Å². The Morgan fingerprint density at radius 2 is 1.95 bits per heavy atom. The van der Waals surface area contributed by atoms with E-state index in [2.05, 4.69) is 4.98 Å². The van der Waals surface area contributed by atoms with Crippen LogP contribution in [0.15, 0.2) is 54.0 Å². The summed E-state index contributed by atoms with van der Waals surface area (Å²) in [5, 5.41) is 1.23. The largest absolute Gasteiger partial charge is 0.494 e. The molecular formula is C28H33N5O4. The van der Waals surface area contributed by atoms with Crippen LogP contribution in [0.2, 0.25) is 0 Å². The van der Waals surface area contributed by atoms with Gasteiger partial charge in [-0.1, -0.05) is 12.5 Å². The maximum atomic E-state index is 13.1. The van der Waals surface area contributed by atoms with Gasteiger partial charge in [-0.05, 0) is 57.2 Å². The van der Waals surface area contributed by atoms with Gasteiger partial charge in [-0.25, -0.2) is 9.78 Å². The standard InChI is InChI=1S/C28H33N5O4/c1-28(2,3)37-27(35)33(14-19-6-5-7-19)16-20-8-9-25-30-21(18-32(25)15-20)17-31-11-10-22-23(26(31)34)12-29-13-24(22)36-4/h8-13,15,18-19H,5-7,14,16-17H2,1-4H3. The number of rotatable bonds is 7. The Balaban J connectivity index is 1.37. The first kappa shape index (κ1) is 24.8. The fraction of sp³-hybridized carbons (Fsp3) is 0.429. The SMILES string of the molecule is COc1cncc2c(=O)n(Cc3cn4cc(CN(CC5CCC5)C(=O)OC(C)(C)C)ccc4n3)ccc12. The molecule has 4 aromatic rings. The van der Waals surface area contributed by atoms with E-state index in [0.29, 0.717) is 36.7 Å². The zero-order valence-corrected chi connectivity index (χ0v) is 21.8. The van der Waals surface area contributed by atoms with Crippen molar-refractivity contribution in [3.8, 4) is 5.75 Å². The summed E-state index contributed by atoms with van der Waals surface area (Å²) in [6.45, 7) is 7.16. The normalized spacial score (nSPS) is 14.1. The number of imidazole rings is 1. The second-order valence-corrected chi connectivity index (χ2v) is 10.7. The van der Waals surface area contributed by atoms with Crippen LogP contribution in [-0.2, 0) is 17.8 Å². The molecule has 0 aromatic carbocycles. The monoisotopic (exact) mass is 503 g/mol. The maximum Gasteiger partial charge on any atom is 0.410 e. The Labute approximate surface area is 215 Å². The minimum atomic E-state index is -0.541. The van der Waals surface area contributed by atoms with E-state index in [0.717, 1.165) is 35.1 Å². The lowest BCUT2D eigenvalue weighted by Crippen LogP contribution is -2.40. The summed E-state index contributed by atoms with van der Waals surface area (Å²) in [7, 11) is 1.56. The average molecular weight is 504 g/mol. The Morgan fingerprint density at radius 1 is 1.14 bits per heavy atom. The fourth-order valence-corrected chi connectivity index (χ4v) is 4.64. The highest BCUT2D eigenvalue weighted by Gasteiger charge is 2.27. The summed E-state index contributed by atoms with van der Waals surface area (Å²) in [5.74, 6) is 1.10. The first-order chi connectivity index (χ1) is 17.7. The van der Waals surface area contributed by atoms with E-state index in [9.17, 15) is 9.59 Å².